The molecule has 0 aliphatic heterocycles. The molecule has 2 nitrogen and oxygen atoms in total. The van der Waals surface area contributed by atoms with Crippen LogP contribution in [0.3, 0.4) is 0 Å². The molecule has 1 unspecified atom stereocenters. The van der Waals surface area contributed by atoms with Crippen molar-refractivity contribution in [3.8, 4) is 0 Å². The van der Waals surface area contributed by atoms with Crippen LogP contribution in [-0.2, 0) is 6.18 Å². The first-order chi connectivity index (χ1) is 7.32. The van der Waals surface area contributed by atoms with Crippen LogP contribution < -0.4 is 5.32 Å². The number of rotatable bonds is 3. The summed E-state index contributed by atoms with van der Waals surface area (Å²) < 4.78 is 37.8. The molecule has 6 heteroatoms. The summed E-state index contributed by atoms with van der Waals surface area (Å²) in [6.45, 7) is 1.48. The summed E-state index contributed by atoms with van der Waals surface area (Å²) in [4.78, 5) is 0. The largest absolute Gasteiger partial charge is 0.418 e. The van der Waals surface area contributed by atoms with Gasteiger partial charge in [-0.1, -0.05) is 17.7 Å². The summed E-state index contributed by atoms with van der Waals surface area (Å²) in [7, 11) is 0. The highest BCUT2D eigenvalue weighted by Crippen LogP contribution is 2.38. The molecule has 1 aromatic rings. The van der Waals surface area contributed by atoms with Crippen LogP contribution in [0, 0.1) is 0 Å². The summed E-state index contributed by atoms with van der Waals surface area (Å²) in [5.74, 6) is 0. The average molecular weight is 254 g/mol. The summed E-state index contributed by atoms with van der Waals surface area (Å²) in [5, 5.41) is 11.5. The van der Waals surface area contributed by atoms with E-state index in [-0.39, 0.29) is 17.3 Å². The lowest BCUT2D eigenvalue weighted by Crippen LogP contribution is -2.18. The van der Waals surface area contributed by atoms with E-state index in [1.807, 2.05) is 0 Å². The maximum atomic E-state index is 12.6. The Morgan fingerprint density at radius 1 is 1.44 bits per heavy atom. The summed E-state index contributed by atoms with van der Waals surface area (Å²) in [6, 6.07) is 3.54. The molecule has 0 saturated carbocycles. The summed E-state index contributed by atoms with van der Waals surface area (Å²) >= 11 is 5.67. The van der Waals surface area contributed by atoms with Crippen LogP contribution in [0.4, 0.5) is 18.9 Å². The second kappa shape index (κ2) is 4.93. The van der Waals surface area contributed by atoms with Gasteiger partial charge in [-0.2, -0.15) is 13.2 Å². The topological polar surface area (TPSA) is 32.3 Å². The average Bonchev–Trinajstić information content (AvgIpc) is 2.13. The van der Waals surface area contributed by atoms with Gasteiger partial charge in [-0.25, -0.2) is 0 Å². The Hall–Kier alpha value is -0.940. The number of hydrogen-bond acceptors (Lipinski definition) is 2. The van der Waals surface area contributed by atoms with Gasteiger partial charge in [0.05, 0.1) is 22.4 Å². The van der Waals surface area contributed by atoms with E-state index in [4.69, 9.17) is 16.7 Å². The molecule has 0 aromatic heterocycles. The normalized spacial score (nSPS) is 13.6. The number of anilines is 1. The Labute approximate surface area is 96.0 Å². The minimum Gasteiger partial charge on any atom is -0.392 e. The zero-order valence-corrected chi connectivity index (χ0v) is 9.23. The van der Waals surface area contributed by atoms with Crippen LogP contribution in [-0.4, -0.2) is 17.8 Å². The zero-order chi connectivity index (χ0) is 12.3. The van der Waals surface area contributed by atoms with Crippen LogP contribution >= 0.6 is 11.6 Å². The fourth-order valence-corrected chi connectivity index (χ4v) is 1.43. The van der Waals surface area contributed by atoms with E-state index in [0.717, 1.165) is 6.07 Å². The Kier molecular flexibility index (Phi) is 4.04. The van der Waals surface area contributed by atoms with E-state index < -0.39 is 17.8 Å². The molecule has 0 spiro atoms. The van der Waals surface area contributed by atoms with Crippen molar-refractivity contribution in [2.75, 3.05) is 11.9 Å². The zero-order valence-electron chi connectivity index (χ0n) is 8.48. The maximum Gasteiger partial charge on any atom is 0.418 e. The second-order valence-electron chi connectivity index (χ2n) is 3.39. The van der Waals surface area contributed by atoms with Gasteiger partial charge in [0.1, 0.15) is 0 Å². The van der Waals surface area contributed by atoms with Gasteiger partial charge in [-0.3, -0.25) is 0 Å². The second-order valence-corrected chi connectivity index (χ2v) is 3.80. The molecule has 0 heterocycles. The van der Waals surface area contributed by atoms with Crippen LogP contribution in [0.1, 0.15) is 12.5 Å². The minimum absolute atomic E-state index is 0.00676. The molecule has 2 N–H and O–H groups in total. The Bertz CT molecular complexity index is 366. The number of aliphatic hydroxyl groups is 1. The van der Waals surface area contributed by atoms with Crippen molar-refractivity contribution < 1.29 is 18.3 Å². The monoisotopic (exact) mass is 253 g/mol. The number of benzene rings is 1. The van der Waals surface area contributed by atoms with Crippen molar-refractivity contribution in [2.45, 2.75) is 19.2 Å². The third kappa shape index (κ3) is 3.28. The first kappa shape index (κ1) is 13.1. The lowest BCUT2D eigenvalue weighted by Gasteiger charge is -2.16. The third-order valence-electron chi connectivity index (χ3n) is 1.89. The van der Waals surface area contributed by atoms with E-state index in [9.17, 15) is 13.2 Å². The molecule has 90 valence electrons. The minimum atomic E-state index is -4.47. The first-order valence-corrected chi connectivity index (χ1v) is 4.98. The predicted molar refractivity (Wildman–Crippen MR) is 56.6 cm³/mol. The lowest BCUT2D eigenvalue weighted by molar-refractivity contribution is -0.137. The summed E-state index contributed by atoms with van der Waals surface area (Å²) in [6.07, 6.45) is -5.22. The number of aliphatic hydroxyl groups excluding tert-OH is 1. The van der Waals surface area contributed by atoms with Gasteiger partial charge in [0.15, 0.2) is 0 Å². The van der Waals surface area contributed by atoms with Crippen LogP contribution in [0.25, 0.3) is 0 Å². The van der Waals surface area contributed by atoms with Gasteiger partial charge in [-0.15, -0.1) is 0 Å². The highest BCUT2D eigenvalue weighted by atomic mass is 35.5. The quantitative estimate of drug-likeness (QED) is 0.867. The third-order valence-corrected chi connectivity index (χ3v) is 2.21. The van der Waals surface area contributed by atoms with Gasteiger partial charge >= 0.3 is 6.18 Å². The first-order valence-electron chi connectivity index (χ1n) is 4.60. The Balaban J connectivity index is 3.04. The highest BCUT2D eigenvalue weighted by molar-refractivity contribution is 6.33. The molecule has 1 aromatic carbocycles. The van der Waals surface area contributed by atoms with Crippen LogP contribution in [0.15, 0.2) is 18.2 Å². The molecule has 1 rings (SSSR count). The van der Waals surface area contributed by atoms with Crippen molar-refractivity contribution in [3.05, 3.63) is 28.8 Å². The molecule has 1 atom stereocenters. The molecule has 16 heavy (non-hydrogen) atoms. The summed E-state index contributed by atoms with van der Waals surface area (Å²) in [5.41, 5.74) is -1.03. The number of para-hydroxylation sites is 1. The maximum absolute atomic E-state index is 12.6. The molecule has 0 amide bonds. The van der Waals surface area contributed by atoms with E-state index in [1.165, 1.54) is 19.1 Å². The van der Waals surface area contributed by atoms with Gasteiger partial charge in [-0.05, 0) is 19.1 Å². The molecule has 0 aliphatic carbocycles. The fraction of sp³-hybridized carbons (Fsp3) is 0.400. The molecule has 0 saturated heterocycles. The lowest BCUT2D eigenvalue weighted by atomic mass is 10.1. The van der Waals surface area contributed by atoms with E-state index in [1.54, 1.807) is 0 Å². The molecule has 0 aliphatic rings. The van der Waals surface area contributed by atoms with Crippen molar-refractivity contribution in [3.63, 3.8) is 0 Å². The standard InChI is InChI=1S/C10H11ClF3NO/c1-6(16)5-15-9-7(10(12,13)14)3-2-4-8(9)11/h2-4,6,15-16H,5H2,1H3. The van der Waals surface area contributed by atoms with Gasteiger partial charge in [0, 0.05) is 6.54 Å². The number of nitrogens with one attached hydrogen (secondary N) is 1. The SMILES string of the molecule is CC(O)CNc1c(Cl)cccc1C(F)(F)F. The van der Waals surface area contributed by atoms with Crippen molar-refractivity contribution in [2.24, 2.45) is 0 Å². The molecular formula is C10H11ClF3NO. The molecule has 0 fully saturated rings. The smallest absolute Gasteiger partial charge is 0.392 e. The number of alkyl halides is 3. The number of hydrogen-bond donors (Lipinski definition) is 2. The fourth-order valence-electron chi connectivity index (χ4n) is 1.19. The Morgan fingerprint density at radius 3 is 2.56 bits per heavy atom. The van der Waals surface area contributed by atoms with Crippen molar-refractivity contribution in [1.29, 1.82) is 0 Å². The molecule has 0 bridgehead atoms. The molecule has 0 radical (unpaired) electrons. The van der Waals surface area contributed by atoms with Gasteiger partial charge in [0.25, 0.3) is 0 Å². The van der Waals surface area contributed by atoms with Gasteiger partial charge < -0.3 is 10.4 Å². The number of halogens is 4. The van der Waals surface area contributed by atoms with Gasteiger partial charge in [0.2, 0.25) is 0 Å². The van der Waals surface area contributed by atoms with E-state index in [2.05, 4.69) is 5.32 Å². The Morgan fingerprint density at radius 2 is 2.06 bits per heavy atom. The molecular weight excluding hydrogens is 243 g/mol. The van der Waals surface area contributed by atoms with Crippen LogP contribution in [0.5, 0.6) is 0 Å². The van der Waals surface area contributed by atoms with Crippen LogP contribution in [0.2, 0.25) is 5.02 Å². The van der Waals surface area contributed by atoms with Crippen molar-refractivity contribution in [1.82, 2.24) is 0 Å². The predicted octanol–water partition coefficient (Wildman–Crippen LogP) is 3.15. The van der Waals surface area contributed by atoms with E-state index >= 15 is 0 Å². The van der Waals surface area contributed by atoms with Crippen molar-refractivity contribution >= 4 is 17.3 Å². The highest BCUT2D eigenvalue weighted by Gasteiger charge is 2.34. The van der Waals surface area contributed by atoms with E-state index in [0.29, 0.717) is 0 Å².